The van der Waals surface area contributed by atoms with E-state index in [1.54, 1.807) is 36.4 Å². The van der Waals surface area contributed by atoms with E-state index in [4.69, 9.17) is 4.42 Å². The van der Waals surface area contributed by atoms with Gasteiger partial charge in [0.2, 0.25) is 5.91 Å². The standard InChI is InChI=1S/C19H14N2O4/c22-17-8-5-11-9-13(6-7-15(11)21-17)20-18(23)14-10-12-3-1-2-4-16(12)25-19(14)24/h1-4,6-7,9-10H,5,8H2,(H,20,23)(H,21,22). The number of nitrogens with one attached hydrogen (secondary N) is 2. The molecular formula is C19H14N2O4. The van der Waals surface area contributed by atoms with Crippen molar-refractivity contribution in [2.45, 2.75) is 12.8 Å². The molecule has 4 rings (SSSR count). The molecule has 0 fully saturated rings. The second-order valence-electron chi connectivity index (χ2n) is 5.86. The molecule has 6 heteroatoms. The molecule has 0 unspecified atom stereocenters. The Hall–Kier alpha value is -3.41. The summed E-state index contributed by atoms with van der Waals surface area (Å²) in [6.07, 6.45) is 1.03. The molecule has 0 atom stereocenters. The minimum absolute atomic E-state index is 0.0157. The van der Waals surface area contributed by atoms with E-state index < -0.39 is 11.5 Å². The lowest BCUT2D eigenvalue weighted by Crippen LogP contribution is -2.22. The summed E-state index contributed by atoms with van der Waals surface area (Å²) in [5, 5.41) is 6.18. The molecule has 1 aromatic heterocycles. The summed E-state index contributed by atoms with van der Waals surface area (Å²) in [5.74, 6) is -0.544. The van der Waals surface area contributed by atoms with E-state index in [0.29, 0.717) is 29.5 Å². The van der Waals surface area contributed by atoms with Gasteiger partial charge in [0.25, 0.3) is 5.91 Å². The fourth-order valence-electron chi connectivity index (χ4n) is 2.88. The van der Waals surface area contributed by atoms with Gasteiger partial charge in [-0.25, -0.2) is 4.79 Å². The Morgan fingerprint density at radius 2 is 1.88 bits per heavy atom. The van der Waals surface area contributed by atoms with Crippen molar-refractivity contribution in [3.05, 3.63) is 70.1 Å². The summed E-state index contributed by atoms with van der Waals surface area (Å²) in [4.78, 5) is 35.9. The molecular weight excluding hydrogens is 320 g/mol. The number of aryl methyl sites for hydroxylation is 1. The Kier molecular flexibility index (Phi) is 3.57. The van der Waals surface area contributed by atoms with Gasteiger partial charge in [-0.05, 0) is 42.3 Å². The number of carbonyl (C=O) groups excluding carboxylic acids is 2. The number of anilines is 2. The van der Waals surface area contributed by atoms with Crippen molar-refractivity contribution in [2.24, 2.45) is 0 Å². The second kappa shape index (κ2) is 5.90. The van der Waals surface area contributed by atoms with Crippen LogP contribution in [0, 0.1) is 0 Å². The Morgan fingerprint density at radius 1 is 1.04 bits per heavy atom. The predicted molar refractivity (Wildman–Crippen MR) is 93.8 cm³/mol. The highest BCUT2D eigenvalue weighted by Gasteiger charge is 2.17. The molecule has 6 nitrogen and oxygen atoms in total. The maximum atomic E-state index is 12.5. The molecule has 1 aliphatic heterocycles. The molecule has 2 N–H and O–H groups in total. The van der Waals surface area contributed by atoms with Gasteiger partial charge in [0.1, 0.15) is 11.1 Å². The van der Waals surface area contributed by atoms with Gasteiger partial charge >= 0.3 is 5.63 Å². The van der Waals surface area contributed by atoms with Gasteiger partial charge in [0.15, 0.2) is 0 Å². The molecule has 3 aromatic rings. The Balaban J connectivity index is 1.63. The van der Waals surface area contributed by atoms with Gasteiger partial charge < -0.3 is 15.1 Å². The van der Waals surface area contributed by atoms with Crippen LogP contribution in [-0.2, 0) is 11.2 Å². The fourth-order valence-corrected chi connectivity index (χ4v) is 2.88. The molecule has 124 valence electrons. The summed E-state index contributed by atoms with van der Waals surface area (Å²) in [6, 6.07) is 13.8. The van der Waals surface area contributed by atoms with Crippen molar-refractivity contribution >= 4 is 34.2 Å². The number of benzene rings is 2. The van der Waals surface area contributed by atoms with E-state index in [-0.39, 0.29) is 11.5 Å². The lowest BCUT2D eigenvalue weighted by Gasteiger charge is -2.17. The van der Waals surface area contributed by atoms with Gasteiger partial charge in [-0.15, -0.1) is 0 Å². The summed E-state index contributed by atoms with van der Waals surface area (Å²) in [6.45, 7) is 0. The van der Waals surface area contributed by atoms with Gasteiger partial charge in [-0.1, -0.05) is 18.2 Å². The first kappa shape index (κ1) is 15.1. The van der Waals surface area contributed by atoms with Gasteiger partial charge in [-0.3, -0.25) is 9.59 Å². The zero-order chi connectivity index (χ0) is 17.4. The van der Waals surface area contributed by atoms with E-state index in [1.165, 1.54) is 6.07 Å². The number of amides is 2. The number of rotatable bonds is 2. The molecule has 25 heavy (non-hydrogen) atoms. The number of hydrogen-bond acceptors (Lipinski definition) is 4. The normalized spacial score (nSPS) is 13.2. The molecule has 2 heterocycles. The van der Waals surface area contributed by atoms with Crippen LogP contribution in [0.2, 0.25) is 0 Å². The highest BCUT2D eigenvalue weighted by Crippen LogP contribution is 2.26. The molecule has 0 spiro atoms. The average Bonchev–Trinajstić information content (AvgIpc) is 2.61. The average molecular weight is 334 g/mol. The molecule has 2 amide bonds. The smallest absolute Gasteiger partial charge is 0.349 e. The van der Waals surface area contributed by atoms with Gasteiger partial charge in [-0.2, -0.15) is 0 Å². The summed E-state index contributed by atoms with van der Waals surface area (Å²) >= 11 is 0. The maximum Gasteiger partial charge on any atom is 0.349 e. The minimum Gasteiger partial charge on any atom is -0.422 e. The third-order valence-electron chi connectivity index (χ3n) is 4.14. The van der Waals surface area contributed by atoms with E-state index in [2.05, 4.69) is 10.6 Å². The third kappa shape index (κ3) is 2.89. The fraction of sp³-hybridized carbons (Fsp3) is 0.105. The van der Waals surface area contributed by atoms with Crippen LogP contribution in [0.15, 0.2) is 57.7 Å². The van der Waals surface area contributed by atoms with Gasteiger partial charge in [0.05, 0.1) is 0 Å². The lowest BCUT2D eigenvalue weighted by molar-refractivity contribution is -0.116. The van der Waals surface area contributed by atoms with Crippen LogP contribution >= 0.6 is 0 Å². The monoisotopic (exact) mass is 334 g/mol. The second-order valence-corrected chi connectivity index (χ2v) is 5.86. The summed E-state index contributed by atoms with van der Waals surface area (Å²) < 4.78 is 5.19. The molecule has 0 saturated heterocycles. The van der Waals surface area contributed by atoms with Crippen molar-refractivity contribution in [1.82, 2.24) is 0 Å². The van der Waals surface area contributed by atoms with Crippen LogP contribution in [0.3, 0.4) is 0 Å². The SMILES string of the molecule is O=C1CCc2cc(NC(=O)c3cc4ccccc4oc3=O)ccc2N1. The quantitative estimate of drug-likeness (QED) is 0.705. The summed E-state index contributed by atoms with van der Waals surface area (Å²) in [7, 11) is 0. The van der Waals surface area contributed by atoms with Crippen molar-refractivity contribution < 1.29 is 14.0 Å². The zero-order valence-electron chi connectivity index (χ0n) is 13.2. The Morgan fingerprint density at radius 3 is 2.76 bits per heavy atom. The number of hydrogen-bond donors (Lipinski definition) is 2. The van der Waals surface area contributed by atoms with E-state index in [1.807, 2.05) is 6.07 Å². The maximum absolute atomic E-state index is 12.5. The topological polar surface area (TPSA) is 88.4 Å². The molecule has 0 aliphatic carbocycles. The summed E-state index contributed by atoms with van der Waals surface area (Å²) in [5.41, 5.74) is 1.97. The van der Waals surface area contributed by atoms with Crippen molar-refractivity contribution in [3.8, 4) is 0 Å². The van der Waals surface area contributed by atoms with Crippen molar-refractivity contribution in [1.29, 1.82) is 0 Å². The zero-order valence-corrected chi connectivity index (χ0v) is 13.2. The first-order chi connectivity index (χ1) is 12.1. The molecule has 0 bridgehead atoms. The number of fused-ring (bicyclic) bond motifs is 2. The first-order valence-electron chi connectivity index (χ1n) is 7.87. The van der Waals surface area contributed by atoms with E-state index >= 15 is 0 Å². The lowest BCUT2D eigenvalue weighted by atomic mass is 10.0. The first-order valence-corrected chi connectivity index (χ1v) is 7.87. The van der Waals surface area contributed by atoms with Crippen LogP contribution in [0.25, 0.3) is 11.0 Å². The van der Waals surface area contributed by atoms with Crippen molar-refractivity contribution in [2.75, 3.05) is 10.6 Å². The molecule has 0 saturated carbocycles. The Labute approximate surface area is 142 Å². The minimum atomic E-state index is -0.679. The van der Waals surface area contributed by atoms with Crippen molar-refractivity contribution in [3.63, 3.8) is 0 Å². The molecule has 0 radical (unpaired) electrons. The van der Waals surface area contributed by atoms with Crippen LogP contribution in [-0.4, -0.2) is 11.8 Å². The Bertz CT molecular complexity index is 1070. The van der Waals surface area contributed by atoms with Crippen LogP contribution in [0.5, 0.6) is 0 Å². The molecule has 2 aromatic carbocycles. The molecule has 1 aliphatic rings. The van der Waals surface area contributed by atoms with Gasteiger partial charge in [0, 0.05) is 23.2 Å². The largest absolute Gasteiger partial charge is 0.422 e. The van der Waals surface area contributed by atoms with E-state index in [0.717, 1.165) is 11.3 Å². The third-order valence-corrected chi connectivity index (χ3v) is 4.14. The van der Waals surface area contributed by atoms with Crippen LogP contribution < -0.4 is 16.3 Å². The predicted octanol–water partition coefficient (Wildman–Crippen LogP) is 2.93. The van der Waals surface area contributed by atoms with Crippen LogP contribution in [0.4, 0.5) is 11.4 Å². The van der Waals surface area contributed by atoms with Crippen LogP contribution in [0.1, 0.15) is 22.3 Å². The highest BCUT2D eigenvalue weighted by molar-refractivity contribution is 6.05. The van der Waals surface area contributed by atoms with E-state index in [9.17, 15) is 14.4 Å². The number of para-hydroxylation sites is 1. The number of carbonyl (C=O) groups is 2. The highest BCUT2D eigenvalue weighted by atomic mass is 16.4.